The first-order valence-corrected chi connectivity index (χ1v) is 17.2. The maximum Gasteiger partial charge on any atom is 0.298 e. The van der Waals surface area contributed by atoms with E-state index in [9.17, 15) is 13.2 Å². The fourth-order valence-electron chi connectivity index (χ4n) is 6.93. The van der Waals surface area contributed by atoms with Gasteiger partial charge in [-0.15, -0.1) is 0 Å². The number of benzene rings is 3. The van der Waals surface area contributed by atoms with Crippen LogP contribution in [0.4, 0.5) is 8.78 Å². The molecule has 2 heterocycles. The van der Waals surface area contributed by atoms with Gasteiger partial charge in [0.25, 0.3) is 5.92 Å². The Morgan fingerprint density at radius 2 is 1.60 bits per heavy atom. The number of ether oxygens (including phenoxy) is 1. The number of sulfonamides is 1. The van der Waals surface area contributed by atoms with Gasteiger partial charge in [0, 0.05) is 28.2 Å². The Balaban J connectivity index is 1.30. The van der Waals surface area contributed by atoms with Crippen LogP contribution in [0.1, 0.15) is 56.9 Å². The molecule has 2 saturated heterocycles. The molecule has 1 saturated carbocycles. The smallest absolute Gasteiger partial charge is 0.298 e. The fourth-order valence-corrected chi connectivity index (χ4v) is 8.50. The first-order chi connectivity index (χ1) is 20.5. The third-order valence-corrected chi connectivity index (χ3v) is 11.1. The minimum Gasteiger partial charge on any atom is -0.493 e. The molecule has 0 aromatic heterocycles. The highest BCUT2D eigenvalue weighted by Gasteiger charge is 2.53. The SMILES string of the molecule is NC1CC2CCC(C1)N2C(=O)[C@@H](NS(=O)(=O)c1ccc(OCC2CCCC2)cc1)C(F)(F)c1ccc2cc(Br)ccc2c1. The van der Waals surface area contributed by atoms with Crippen molar-refractivity contribution in [2.45, 2.75) is 86.4 Å². The molecule has 0 radical (unpaired) electrons. The third kappa shape index (κ3) is 6.32. The van der Waals surface area contributed by atoms with Crippen LogP contribution in [0.25, 0.3) is 10.8 Å². The quantitative estimate of drug-likeness (QED) is 0.286. The second-order valence-corrected chi connectivity index (χ2v) is 14.8. The number of hydrogen-bond donors (Lipinski definition) is 2. The van der Waals surface area contributed by atoms with Crippen molar-refractivity contribution >= 4 is 42.6 Å². The van der Waals surface area contributed by atoms with Crippen molar-refractivity contribution in [3.05, 3.63) is 70.7 Å². The molecule has 3 N–H and O–H groups in total. The van der Waals surface area contributed by atoms with Gasteiger partial charge in [-0.05, 0) is 97.7 Å². The highest BCUT2D eigenvalue weighted by molar-refractivity contribution is 9.10. The summed E-state index contributed by atoms with van der Waals surface area (Å²) in [7, 11) is -4.52. The second kappa shape index (κ2) is 12.1. The zero-order valence-electron chi connectivity index (χ0n) is 23.7. The normalized spacial score (nSPS) is 23.5. The Kier molecular flexibility index (Phi) is 8.54. The summed E-state index contributed by atoms with van der Waals surface area (Å²) < 4.78 is 69.0. The van der Waals surface area contributed by atoms with E-state index in [4.69, 9.17) is 10.5 Å². The van der Waals surface area contributed by atoms with E-state index in [1.807, 2.05) is 0 Å². The Labute approximate surface area is 259 Å². The number of rotatable bonds is 9. The van der Waals surface area contributed by atoms with Crippen molar-refractivity contribution in [3.63, 3.8) is 0 Å². The van der Waals surface area contributed by atoms with Gasteiger partial charge in [-0.3, -0.25) is 4.79 Å². The topological polar surface area (TPSA) is 102 Å². The fraction of sp³-hybridized carbons (Fsp3) is 0.469. The molecule has 1 aliphatic carbocycles. The summed E-state index contributed by atoms with van der Waals surface area (Å²) >= 11 is 3.39. The van der Waals surface area contributed by atoms with E-state index in [2.05, 4.69) is 20.7 Å². The molecule has 2 bridgehead atoms. The van der Waals surface area contributed by atoms with Gasteiger partial charge in [0.15, 0.2) is 6.04 Å². The minimum absolute atomic E-state index is 0.119. The van der Waals surface area contributed by atoms with Crippen molar-refractivity contribution < 1.29 is 26.7 Å². The van der Waals surface area contributed by atoms with Gasteiger partial charge in [-0.1, -0.05) is 47.0 Å². The predicted molar refractivity (Wildman–Crippen MR) is 164 cm³/mol. The molecule has 3 fully saturated rings. The number of carbonyl (C=O) groups excluding carboxylic acids is 1. The average Bonchev–Trinajstić information content (AvgIpc) is 3.60. The molecule has 3 aromatic carbocycles. The van der Waals surface area contributed by atoms with Crippen molar-refractivity contribution in [3.8, 4) is 5.75 Å². The maximum atomic E-state index is 16.5. The molecule has 230 valence electrons. The van der Waals surface area contributed by atoms with Crippen molar-refractivity contribution in [2.24, 2.45) is 11.7 Å². The zero-order valence-corrected chi connectivity index (χ0v) is 26.1. The maximum absolute atomic E-state index is 16.5. The van der Waals surface area contributed by atoms with E-state index in [1.165, 1.54) is 54.1 Å². The number of fused-ring (bicyclic) bond motifs is 3. The molecule has 7 nitrogen and oxygen atoms in total. The number of halogens is 3. The van der Waals surface area contributed by atoms with E-state index >= 15 is 8.78 Å². The predicted octanol–water partition coefficient (Wildman–Crippen LogP) is 6.09. The largest absolute Gasteiger partial charge is 0.493 e. The van der Waals surface area contributed by atoms with Crippen LogP contribution in [0.2, 0.25) is 0 Å². The number of piperidine rings is 1. The molecule has 3 aromatic rings. The van der Waals surface area contributed by atoms with Crippen LogP contribution < -0.4 is 15.2 Å². The van der Waals surface area contributed by atoms with E-state index in [0.29, 0.717) is 49.3 Å². The average molecular weight is 677 g/mol. The summed E-state index contributed by atoms with van der Waals surface area (Å²) in [6.07, 6.45) is 6.90. The monoisotopic (exact) mass is 675 g/mol. The first kappa shape index (κ1) is 30.4. The summed E-state index contributed by atoms with van der Waals surface area (Å²) in [5, 5.41) is 1.28. The van der Waals surface area contributed by atoms with E-state index in [1.54, 1.807) is 24.3 Å². The van der Waals surface area contributed by atoms with Gasteiger partial charge in [-0.2, -0.15) is 13.5 Å². The summed E-state index contributed by atoms with van der Waals surface area (Å²) in [6, 6.07) is 12.0. The summed E-state index contributed by atoms with van der Waals surface area (Å²) in [4.78, 5) is 15.3. The molecule has 43 heavy (non-hydrogen) atoms. The van der Waals surface area contributed by atoms with Crippen LogP contribution in [0.5, 0.6) is 5.75 Å². The minimum atomic E-state index is -4.52. The van der Waals surface area contributed by atoms with E-state index in [-0.39, 0.29) is 23.0 Å². The number of hydrogen-bond acceptors (Lipinski definition) is 5. The lowest BCUT2D eigenvalue weighted by Gasteiger charge is -2.41. The van der Waals surface area contributed by atoms with Crippen molar-refractivity contribution in [1.29, 1.82) is 0 Å². The number of nitrogens with zero attached hydrogens (tertiary/aromatic N) is 1. The Morgan fingerprint density at radius 1 is 0.977 bits per heavy atom. The Bertz CT molecular complexity index is 1580. The second-order valence-electron chi connectivity index (χ2n) is 12.2. The summed E-state index contributed by atoms with van der Waals surface area (Å²) in [6.45, 7) is 0.553. The van der Waals surface area contributed by atoms with Crippen molar-refractivity contribution in [1.82, 2.24) is 9.62 Å². The van der Waals surface area contributed by atoms with Crippen LogP contribution in [0, 0.1) is 5.92 Å². The van der Waals surface area contributed by atoms with Gasteiger partial charge in [0.1, 0.15) is 5.75 Å². The van der Waals surface area contributed by atoms with Crippen LogP contribution in [0.3, 0.4) is 0 Å². The molecule has 3 atom stereocenters. The van der Waals surface area contributed by atoms with Gasteiger partial charge in [-0.25, -0.2) is 8.42 Å². The standard InChI is InChI=1S/C32H36BrF2N3O4S/c33-24-8-6-21-15-23(7-5-22(21)16-24)32(34,35)30(31(39)38-26-9-10-27(38)18-25(36)17-26)37-43(40,41)29-13-11-28(12-14-29)42-19-20-3-1-2-4-20/h5-8,11-16,20,25-27,30,37H,1-4,9-10,17-19,36H2/t25?,26?,27?,30-/m1/s1. The van der Waals surface area contributed by atoms with E-state index < -0.39 is 33.5 Å². The van der Waals surface area contributed by atoms with Crippen LogP contribution in [-0.2, 0) is 20.7 Å². The van der Waals surface area contributed by atoms with Gasteiger partial charge >= 0.3 is 0 Å². The molecular weight excluding hydrogens is 640 g/mol. The highest BCUT2D eigenvalue weighted by atomic mass is 79.9. The van der Waals surface area contributed by atoms with Crippen LogP contribution in [0.15, 0.2) is 70.0 Å². The molecule has 2 aliphatic heterocycles. The molecule has 0 spiro atoms. The van der Waals surface area contributed by atoms with Crippen LogP contribution >= 0.6 is 15.9 Å². The molecule has 6 rings (SSSR count). The van der Waals surface area contributed by atoms with Crippen molar-refractivity contribution in [2.75, 3.05) is 6.61 Å². The summed E-state index contributed by atoms with van der Waals surface area (Å²) in [5.74, 6) is -3.79. The van der Waals surface area contributed by atoms with Gasteiger partial charge in [0.05, 0.1) is 11.5 Å². The molecular formula is C32H36BrF2N3O4S. The van der Waals surface area contributed by atoms with Gasteiger partial charge < -0.3 is 15.4 Å². The van der Waals surface area contributed by atoms with Crippen LogP contribution in [-0.4, -0.2) is 50.0 Å². The number of amides is 1. The number of nitrogens with two attached hydrogens (primary N) is 1. The number of carbonyl (C=O) groups is 1. The lowest BCUT2D eigenvalue weighted by atomic mass is 9.94. The first-order valence-electron chi connectivity index (χ1n) is 14.9. The Hall–Kier alpha value is -2.60. The zero-order chi connectivity index (χ0) is 30.4. The lowest BCUT2D eigenvalue weighted by molar-refractivity contribution is -0.148. The Morgan fingerprint density at radius 3 is 2.28 bits per heavy atom. The van der Waals surface area contributed by atoms with Gasteiger partial charge in [0.2, 0.25) is 15.9 Å². The third-order valence-electron chi connectivity index (χ3n) is 9.19. The number of nitrogens with one attached hydrogen (secondary N) is 1. The van der Waals surface area contributed by atoms with E-state index in [0.717, 1.165) is 22.7 Å². The molecule has 11 heteroatoms. The molecule has 3 aliphatic rings. The number of alkyl halides is 2. The molecule has 1 amide bonds. The highest BCUT2D eigenvalue weighted by Crippen LogP contribution is 2.40. The lowest BCUT2D eigenvalue weighted by Crippen LogP contribution is -2.60. The molecule has 2 unspecified atom stereocenters. The summed E-state index contributed by atoms with van der Waals surface area (Å²) in [5.41, 5.74) is 5.73.